The fraction of sp³-hybridized carbons (Fsp3) is 0.955. The van der Waals surface area contributed by atoms with Crippen LogP contribution in [-0.2, 0) is 32.7 Å². The minimum Gasteiger partial charge on any atom is -0.756 e. The van der Waals surface area contributed by atoms with Crippen molar-refractivity contribution in [2.75, 3.05) is 47.5 Å². The molecule has 56 heavy (non-hydrogen) atoms. The van der Waals surface area contributed by atoms with Crippen LogP contribution in [0, 0.1) is 0 Å². The van der Waals surface area contributed by atoms with E-state index >= 15 is 0 Å². The minimum atomic E-state index is -4.62. The molecule has 0 saturated carbocycles. The third kappa shape index (κ3) is 45.6. The van der Waals surface area contributed by atoms with Crippen LogP contribution < -0.4 is 4.89 Å². The summed E-state index contributed by atoms with van der Waals surface area (Å²) in [4.78, 5) is 37.5. The molecule has 2 atom stereocenters. The van der Waals surface area contributed by atoms with Crippen molar-refractivity contribution in [1.82, 2.24) is 0 Å². The van der Waals surface area contributed by atoms with Crippen LogP contribution in [0.3, 0.4) is 0 Å². The van der Waals surface area contributed by atoms with Gasteiger partial charge in [0.1, 0.15) is 19.8 Å². The van der Waals surface area contributed by atoms with Crippen LogP contribution in [0.2, 0.25) is 0 Å². The first-order chi connectivity index (χ1) is 26.0. The van der Waals surface area contributed by atoms with E-state index in [1.165, 1.54) is 154 Å². The molecule has 0 aliphatic rings. The summed E-state index contributed by atoms with van der Waals surface area (Å²) in [6.45, 7) is 4.27. The van der Waals surface area contributed by atoms with Crippen molar-refractivity contribution in [3.05, 3.63) is 0 Å². The lowest BCUT2D eigenvalue weighted by Gasteiger charge is -2.28. The van der Waals surface area contributed by atoms with Crippen LogP contribution in [0.5, 0.6) is 0 Å². The van der Waals surface area contributed by atoms with E-state index in [1.54, 1.807) is 0 Å². The molecule has 0 radical (unpaired) electrons. The monoisotopic (exact) mass is 826 g/mol. The standard InChI is InChI=1S/C44H88NO8P.2H2O/c1-6-8-10-12-14-16-18-20-22-24-26-28-30-32-34-36-43(46)50-40-42(41-52-54(48,49)51-39-38-45(3,4)5)53-44(47)37-35-33-31-29-27-25-23-21-19-17-15-13-11-9-7-2;;/h42H,6-41H2,1-5H3;2*1H2. The summed E-state index contributed by atoms with van der Waals surface area (Å²) in [5, 5.41) is 0. The fourth-order valence-electron chi connectivity index (χ4n) is 6.54. The summed E-state index contributed by atoms with van der Waals surface area (Å²) < 4.78 is 33.9. The highest BCUT2D eigenvalue weighted by molar-refractivity contribution is 7.45. The largest absolute Gasteiger partial charge is 0.756 e. The molecule has 338 valence electrons. The van der Waals surface area contributed by atoms with Gasteiger partial charge in [-0.15, -0.1) is 0 Å². The molecule has 0 aromatic carbocycles. The average Bonchev–Trinajstić information content (AvgIpc) is 3.12. The van der Waals surface area contributed by atoms with Crippen molar-refractivity contribution in [2.45, 2.75) is 225 Å². The highest BCUT2D eigenvalue weighted by Crippen LogP contribution is 2.38. The maximum absolute atomic E-state index is 12.7. The topological polar surface area (TPSA) is 174 Å². The van der Waals surface area contributed by atoms with Gasteiger partial charge in [-0.25, -0.2) is 0 Å². The number of hydrogen-bond donors (Lipinski definition) is 0. The number of esters is 2. The summed E-state index contributed by atoms with van der Waals surface area (Å²) in [6.07, 6.45) is 36.9. The highest BCUT2D eigenvalue weighted by atomic mass is 31.2. The Balaban J connectivity index is -0.0000140. The van der Waals surface area contributed by atoms with E-state index in [-0.39, 0.29) is 43.0 Å². The molecule has 0 aromatic heterocycles. The van der Waals surface area contributed by atoms with E-state index in [0.717, 1.165) is 32.1 Å². The Hall–Kier alpha value is -1.07. The van der Waals surface area contributed by atoms with E-state index in [9.17, 15) is 19.0 Å². The van der Waals surface area contributed by atoms with Crippen LogP contribution in [-0.4, -0.2) is 81.0 Å². The summed E-state index contributed by atoms with van der Waals surface area (Å²) in [6, 6.07) is 0. The predicted molar refractivity (Wildman–Crippen MR) is 230 cm³/mol. The van der Waals surface area contributed by atoms with Gasteiger partial charge in [0.2, 0.25) is 0 Å². The number of rotatable bonds is 42. The van der Waals surface area contributed by atoms with E-state index < -0.39 is 26.5 Å². The second-order valence-corrected chi connectivity index (χ2v) is 18.2. The third-order valence-electron chi connectivity index (χ3n) is 10.1. The number of phosphoric ester groups is 1. The van der Waals surface area contributed by atoms with Crippen LogP contribution in [0.25, 0.3) is 0 Å². The zero-order valence-electron chi connectivity index (χ0n) is 37.2. The van der Waals surface area contributed by atoms with Crippen LogP contribution in [0.4, 0.5) is 0 Å². The third-order valence-corrected chi connectivity index (χ3v) is 11.1. The number of carbonyl (C=O) groups is 2. The van der Waals surface area contributed by atoms with Gasteiger partial charge in [0.15, 0.2) is 6.10 Å². The van der Waals surface area contributed by atoms with Gasteiger partial charge < -0.3 is 38.9 Å². The minimum absolute atomic E-state index is 0. The second kappa shape index (κ2) is 42.1. The van der Waals surface area contributed by atoms with Crippen LogP contribution in [0.15, 0.2) is 0 Å². The number of unbranched alkanes of at least 4 members (excludes halogenated alkanes) is 28. The lowest BCUT2D eigenvalue weighted by atomic mass is 10.0. The first-order valence-electron chi connectivity index (χ1n) is 22.7. The Bertz CT molecular complexity index is 902. The molecule has 4 N–H and O–H groups in total. The molecule has 0 saturated heterocycles. The Kier molecular flexibility index (Phi) is 44.5. The smallest absolute Gasteiger partial charge is 0.306 e. The van der Waals surface area contributed by atoms with Crippen molar-refractivity contribution in [1.29, 1.82) is 0 Å². The number of likely N-dealkylation sites (N-methyl/N-ethyl adjacent to an activating group) is 1. The molecular weight excluding hydrogens is 733 g/mol. The van der Waals surface area contributed by atoms with Gasteiger partial charge in [0, 0.05) is 12.8 Å². The maximum Gasteiger partial charge on any atom is 0.306 e. The van der Waals surface area contributed by atoms with E-state index in [4.69, 9.17) is 18.5 Å². The van der Waals surface area contributed by atoms with Gasteiger partial charge in [-0.1, -0.05) is 194 Å². The summed E-state index contributed by atoms with van der Waals surface area (Å²) in [7, 11) is 1.18. The number of hydrogen-bond acceptors (Lipinski definition) is 8. The van der Waals surface area contributed by atoms with Gasteiger partial charge in [0.25, 0.3) is 7.82 Å². The summed E-state index contributed by atoms with van der Waals surface area (Å²) in [5.41, 5.74) is 0. The molecule has 0 aliphatic carbocycles. The van der Waals surface area contributed by atoms with Crippen LogP contribution in [0.1, 0.15) is 219 Å². The van der Waals surface area contributed by atoms with Crippen molar-refractivity contribution < 1.29 is 53.0 Å². The van der Waals surface area contributed by atoms with Gasteiger partial charge in [-0.05, 0) is 12.8 Å². The molecule has 0 spiro atoms. The maximum atomic E-state index is 12.7. The molecule has 0 rings (SSSR count). The van der Waals surface area contributed by atoms with Crippen molar-refractivity contribution in [3.8, 4) is 0 Å². The Morgan fingerprint density at radius 1 is 0.500 bits per heavy atom. The molecule has 0 aliphatic heterocycles. The zero-order chi connectivity index (χ0) is 40.0. The lowest BCUT2D eigenvalue weighted by molar-refractivity contribution is -0.870. The number of nitrogens with zero attached hydrogens (tertiary/aromatic N) is 1. The molecule has 0 fully saturated rings. The average molecular weight is 826 g/mol. The first kappa shape index (κ1) is 59.2. The Labute approximate surface area is 344 Å². The Morgan fingerprint density at radius 2 is 0.821 bits per heavy atom. The van der Waals surface area contributed by atoms with Crippen LogP contribution >= 0.6 is 7.82 Å². The molecule has 12 heteroatoms. The van der Waals surface area contributed by atoms with Gasteiger partial charge in [0.05, 0.1) is 27.7 Å². The van der Waals surface area contributed by atoms with Gasteiger partial charge in [-0.2, -0.15) is 0 Å². The number of phosphoric acid groups is 1. The number of quaternary nitrogens is 1. The summed E-state index contributed by atoms with van der Waals surface area (Å²) in [5.74, 6) is -0.818. The lowest BCUT2D eigenvalue weighted by Crippen LogP contribution is -2.37. The quantitative estimate of drug-likeness (QED) is 0.0253. The molecule has 0 amide bonds. The predicted octanol–water partition coefficient (Wildman–Crippen LogP) is 10.5. The fourth-order valence-corrected chi connectivity index (χ4v) is 7.27. The molecule has 0 bridgehead atoms. The van der Waals surface area contributed by atoms with E-state index in [2.05, 4.69) is 13.8 Å². The number of carbonyl (C=O) groups excluding carboxylic acids is 2. The second-order valence-electron chi connectivity index (χ2n) is 16.8. The van der Waals surface area contributed by atoms with E-state index in [0.29, 0.717) is 17.4 Å². The van der Waals surface area contributed by atoms with Gasteiger partial charge in [-0.3, -0.25) is 14.2 Å². The van der Waals surface area contributed by atoms with Crippen molar-refractivity contribution in [3.63, 3.8) is 0 Å². The molecule has 2 unspecified atom stereocenters. The Morgan fingerprint density at radius 3 is 1.16 bits per heavy atom. The molecular formula is C44H92NO10P. The normalized spacial score (nSPS) is 13.0. The van der Waals surface area contributed by atoms with E-state index in [1.807, 2.05) is 21.1 Å². The molecule has 0 aromatic rings. The number of ether oxygens (including phenoxy) is 2. The zero-order valence-corrected chi connectivity index (χ0v) is 38.1. The first-order valence-corrected chi connectivity index (χ1v) is 24.2. The van der Waals surface area contributed by atoms with Gasteiger partial charge >= 0.3 is 11.9 Å². The molecule has 0 heterocycles. The highest BCUT2D eigenvalue weighted by Gasteiger charge is 2.21. The van der Waals surface area contributed by atoms with Crippen molar-refractivity contribution in [2.24, 2.45) is 0 Å². The summed E-state index contributed by atoms with van der Waals surface area (Å²) >= 11 is 0. The molecule has 11 nitrogen and oxygen atoms in total. The SMILES string of the molecule is CCCCCCCCCCCCCCCCCC(=O)OCC(COP(=O)([O-])OCC[N+](C)(C)C)OC(=O)CCCCCCCCCCCCCCCCC.O.O. The van der Waals surface area contributed by atoms with Crippen molar-refractivity contribution >= 4 is 19.8 Å².